The highest BCUT2D eigenvalue weighted by Crippen LogP contribution is 2.40. The Morgan fingerprint density at radius 1 is 0.315 bits per heavy atom. The van der Waals surface area contributed by atoms with Gasteiger partial charge in [-0.1, -0.05) is 267 Å². The first-order chi connectivity index (χ1) is 54.2. The summed E-state index contributed by atoms with van der Waals surface area (Å²) in [5.74, 6) is -2.66. The first-order valence-corrected chi connectivity index (χ1v) is 36.2. The van der Waals surface area contributed by atoms with Crippen molar-refractivity contribution in [2.75, 3.05) is 32.7 Å². The average molecular weight is 1510 g/mol. The third-order valence-electron chi connectivity index (χ3n) is 18.6. The minimum atomic E-state index is -0.807. The molecule has 8 aliphatic rings. The van der Waals surface area contributed by atoms with E-state index < -0.39 is 84.4 Å². The number of nitrogens with zero attached hydrogens (tertiary/aromatic N) is 4. The smallest absolute Gasteiger partial charge is 0.411 e. The van der Waals surface area contributed by atoms with E-state index in [0.29, 0.717) is 32.7 Å². The number of likely N-dealkylation sites (tertiary alicyclic amines) is 3. The molecule has 2 N–H and O–H groups in total. The van der Waals surface area contributed by atoms with Crippen LogP contribution in [-0.4, -0.2) is 178 Å². The van der Waals surface area contributed by atoms with Gasteiger partial charge in [-0.3, -0.25) is 29.7 Å². The Morgan fingerprint density at radius 3 is 0.793 bits per heavy atom. The molecule has 0 saturated carbocycles. The number of ether oxygens (including phenoxy) is 11. The van der Waals surface area contributed by atoms with Crippen molar-refractivity contribution in [1.82, 2.24) is 24.9 Å². The van der Waals surface area contributed by atoms with Crippen LogP contribution in [0.4, 0.5) is 19.2 Å². The van der Waals surface area contributed by atoms with Crippen molar-refractivity contribution in [2.24, 2.45) is 0 Å². The summed E-state index contributed by atoms with van der Waals surface area (Å²) in [7, 11) is 0. The third kappa shape index (κ3) is 22.6. The molecule has 0 aromatic heterocycles. The van der Waals surface area contributed by atoms with Crippen molar-refractivity contribution in [3.05, 3.63) is 311 Å². The number of carbonyl (C=O) groups excluding carboxylic acids is 8. The normalized spacial score (nSPS) is 21.8. The van der Waals surface area contributed by atoms with Gasteiger partial charge in [0.15, 0.2) is 24.2 Å². The average Bonchev–Trinajstić information content (AvgIpc) is 1.60. The first kappa shape index (κ1) is 78.1. The second-order valence-electron chi connectivity index (χ2n) is 26.4. The highest BCUT2D eigenvalue weighted by molar-refractivity contribution is 5.86. The molecular weight excluding hydrogens is 1430 g/mol. The van der Waals surface area contributed by atoms with Crippen molar-refractivity contribution >= 4 is 54.2 Å². The van der Waals surface area contributed by atoms with E-state index in [1.54, 1.807) is 24.3 Å². The molecule has 8 aliphatic heterocycles. The van der Waals surface area contributed by atoms with E-state index in [0.717, 1.165) is 44.5 Å². The lowest BCUT2D eigenvalue weighted by Gasteiger charge is -2.24. The number of rotatable bonds is 21. The molecule has 26 heteroatoms. The standard InChI is InChI=1S/3C20H19NO5.C20H19NO4.C5H7NO2/c3*22-19(24-12-14-7-3-1-4-8-14)17-18-16(26-18)11-21(17)20(23)25-13-15-9-5-2-6-10-15;22-19(24-14-16-8-3-1-4-9-16)18-12-7-13-21(18)20(23)25-15-17-10-5-2-6-11-17;7-5(8)4-2-1-3-6-4/h3*1-10,16-18H,11-13H2;1-12,18H,13-15H2;1-2,4,6H,3H2,(H,7,8)/t16-,17+,18-;2*16-,17-,18-;18-;4-/m10000/s1. The van der Waals surface area contributed by atoms with Gasteiger partial charge in [0.2, 0.25) is 0 Å². The summed E-state index contributed by atoms with van der Waals surface area (Å²) < 4.78 is 59.1. The highest BCUT2D eigenvalue weighted by atomic mass is 16.6. The van der Waals surface area contributed by atoms with Crippen LogP contribution in [0.25, 0.3) is 0 Å². The highest BCUT2D eigenvalue weighted by Gasteiger charge is 2.62. The molecule has 6 saturated heterocycles. The van der Waals surface area contributed by atoms with Crippen LogP contribution in [0.5, 0.6) is 0 Å². The number of carboxylic acid groups (broad SMARTS) is 1. The van der Waals surface area contributed by atoms with E-state index >= 15 is 0 Å². The fraction of sp³-hybridized carbons (Fsp3) is 0.282. The zero-order chi connectivity index (χ0) is 77.3. The molecule has 4 amide bonds. The van der Waals surface area contributed by atoms with Crippen LogP contribution in [0.2, 0.25) is 0 Å². The summed E-state index contributed by atoms with van der Waals surface area (Å²) in [5.41, 5.74) is 7.15. The minimum absolute atomic E-state index is 0.103. The molecule has 111 heavy (non-hydrogen) atoms. The molecule has 8 aromatic rings. The van der Waals surface area contributed by atoms with Crippen LogP contribution in [0, 0.1) is 0 Å². The lowest BCUT2D eigenvalue weighted by molar-refractivity contribution is -0.152. The van der Waals surface area contributed by atoms with Gasteiger partial charge in [-0.2, -0.15) is 0 Å². The van der Waals surface area contributed by atoms with Gasteiger partial charge in [-0.05, 0) is 44.5 Å². The lowest BCUT2D eigenvalue weighted by Crippen LogP contribution is -2.45. The molecule has 0 spiro atoms. The number of benzene rings is 8. The van der Waals surface area contributed by atoms with Crippen molar-refractivity contribution in [3.8, 4) is 0 Å². The van der Waals surface area contributed by atoms with Gasteiger partial charge in [0.05, 0.1) is 19.6 Å². The fourth-order valence-corrected chi connectivity index (χ4v) is 12.6. The molecule has 0 aliphatic carbocycles. The predicted molar refractivity (Wildman–Crippen MR) is 397 cm³/mol. The molecule has 574 valence electrons. The quantitative estimate of drug-likeness (QED) is 0.0292. The number of hydrogen-bond acceptors (Lipinski definition) is 21. The van der Waals surface area contributed by atoms with Crippen LogP contribution in [0.15, 0.2) is 267 Å². The van der Waals surface area contributed by atoms with Crippen LogP contribution >= 0.6 is 0 Å². The third-order valence-corrected chi connectivity index (χ3v) is 18.6. The zero-order valence-electron chi connectivity index (χ0n) is 60.3. The molecule has 8 aromatic carbocycles. The van der Waals surface area contributed by atoms with Crippen molar-refractivity contribution in [3.63, 3.8) is 0 Å². The molecule has 6 fully saturated rings. The summed E-state index contributed by atoms with van der Waals surface area (Å²) in [6.07, 6.45) is 3.60. The topological polar surface area (TPSA) is 310 Å². The van der Waals surface area contributed by atoms with Crippen LogP contribution in [-0.2, 0) is 129 Å². The van der Waals surface area contributed by atoms with E-state index in [9.17, 15) is 43.2 Å². The molecular formula is C85H83N5O21. The number of esters is 4. The Morgan fingerprint density at radius 2 is 0.559 bits per heavy atom. The van der Waals surface area contributed by atoms with E-state index in [2.05, 4.69) is 5.32 Å². The number of hydrogen-bond donors (Lipinski definition) is 2. The Labute approximate surface area is 640 Å². The van der Waals surface area contributed by atoms with Crippen molar-refractivity contribution < 1.29 is 100 Å². The van der Waals surface area contributed by atoms with E-state index in [-0.39, 0.29) is 89.5 Å². The Bertz CT molecular complexity index is 4140. The number of aliphatic carboxylic acids is 1. The maximum Gasteiger partial charge on any atom is 0.411 e. The van der Waals surface area contributed by atoms with Gasteiger partial charge in [-0.15, -0.1) is 0 Å². The maximum atomic E-state index is 12.5. The number of fused-ring (bicyclic) bond motifs is 3. The van der Waals surface area contributed by atoms with Gasteiger partial charge >= 0.3 is 54.2 Å². The second-order valence-corrected chi connectivity index (χ2v) is 26.4. The molecule has 8 heterocycles. The molecule has 0 bridgehead atoms. The number of morpholine rings is 3. The number of amides is 4. The SMILES string of the molecule is O=C(O)[C@@H]1C=CCN1.O=C(OCc1ccccc1)[C@@H]1C=CCN1C(=O)OCc1ccccc1.O=C(OCc1ccccc1)[C@@H]1[C@@H]2O[C@@H]2CN1C(=O)OCc1ccccc1.O=C(OCc1ccccc1)[C@@H]1[C@H]2O[C@H]2CN1C(=O)OCc1ccccc1.O=C(OCc1ccccc1)[C@@H]1[C@H]2O[C@H]2CN1C(=O)OCc1ccccc1. The molecule has 0 radical (unpaired) electrons. The first-order valence-electron chi connectivity index (χ1n) is 36.2. The van der Waals surface area contributed by atoms with Crippen LogP contribution in [0.3, 0.4) is 0 Å². The molecule has 11 atom stereocenters. The van der Waals surface area contributed by atoms with Gasteiger partial charge in [0, 0.05) is 13.1 Å². The van der Waals surface area contributed by atoms with Crippen molar-refractivity contribution in [2.45, 2.75) is 120 Å². The number of carbonyl (C=O) groups is 9. The van der Waals surface area contributed by atoms with Crippen LogP contribution < -0.4 is 5.32 Å². The summed E-state index contributed by atoms with van der Waals surface area (Å²) in [6, 6.07) is 71.9. The van der Waals surface area contributed by atoms with E-state index in [1.807, 2.05) is 243 Å². The Hall–Kier alpha value is -12.5. The van der Waals surface area contributed by atoms with Gasteiger partial charge < -0.3 is 57.2 Å². The van der Waals surface area contributed by atoms with Gasteiger partial charge in [-0.25, -0.2) is 38.4 Å². The Kier molecular flexibility index (Phi) is 27.5. The molecule has 0 unspecified atom stereocenters. The summed E-state index contributed by atoms with van der Waals surface area (Å²) >= 11 is 0. The monoisotopic (exact) mass is 1510 g/mol. The fourth-order valence-electron chi connectivity index (χ4n) is 12.6. The summed E-state index contributed by atoms with van der Waals surface area (Å²) in [4.78, 5) is 115. The zero-order valence-corrected chi connectivity index (χ0v) is 60.3. The van der Waals surface area contributed by atoms with Gasteiger partial charge in [0.1, 0.15) is 95.5 Å². The minimum Gasteiger partial charge on any atom is -0.480 e. The maximum absolute atomic E-state index is 12.5. The number of nitrogens with one attached hydrogen (secondary N) is 1. The largest absolute Gasteiger partial charge is 0.480 e. The van der Waals surface area contributed by atoms with Crippen LogP contribution in [0.1, 0.15) is 44.5 Å². The van der Waals surface area contributed by atoms with E-state index in [1.165, 1.54) is 19.6 Å². The van der Waals surface area contributed by atoms with Gasteiger partial charge in [0.25, 0.3) is 0 Å². The number of carboxylic acids is 1. The summed E-state index contributed by atoms with van der Waals surface area (Å²) in [5, 5.41) is 11.0. The predicted octanol–water partition coefficient (Wildman–Crippen LogP) is 10.5. The molecule has 16 rings (SSSR count). The van der Waals surface area contributed by atoms with Crippen molar-refractivity contribution in [1.29, 1.82) is 0 Å². The molecule has 26 nitrogen and oxygen atoms in total. The lowest BCUT2D eigenvalue weighted by atomic mass is 10.2. The Balaban J connectivity index is 0.000000133. The van der Waals surface area contributed by atoms with E-state index in [4.69, 9.17) is 57.2 Å². The number of epoxide rings is 3. The summed E-state index contributed by atoms with van der Waals surface area (Å²) in [6.45, 7) is 3.40. The second kappa shape index (κ2) is 39.0.